The highest BCUT2D eigenvalue weighted by Crippen LogP contribution is 2.17. The second kappa shape index (κ2) is 6.45. The van der Waals surface area contributed by atoms with Gasteiger partial charge in [-0.15, -0.1) is 11.3 Å². The molecule has 1 aromatic carbocycles. The molecule has 17 heavy (non-hydrogen) atoms. The minimum Gasteiger partial charge on any atom is -0.494 e. The van der Waals surface area contributed by atoms with E-state index in [1.165, 1.54) is 10.4 Å². The summed E-state index contributed by atoms with van der Waals surface area (Å²) >= 11 is 1.83. The van der Waals surface area contributed by atoms with Crippen molar-refractivity contribution < 1.29 is 4.74 Å². The first kappa shape index (κ1) is 12.2. The van der Waals surface area contributed by atoms with Crippen molar-refractivity contribution in [3.8, 4) is 5.75 Å². The molecule has 0 radical (unpaired) electrons. The van der Waals surface area contributed by atoms with E-state index in [1.54, 1.807) is 0 Å². The first-order valence-electron chi connectivity index (χ1n) is 6.12. The lowest BCUT2D eigenvalue weighted by atomic mass is 10.1. The molecule has 0 fully saturated rings. The smallest absolute Gasteiger partial charge is 0.119 e. The molecule has 0 bridgehead atoms. The Labute approximate surface area is 107 Å². The topological polar surface area (TPSA) is 9.23 Å². The summed E-state index contributed by atoms with van der Waals surface area (Å²) in [7, 11) is 0. The number of benzene rings is 1. The largest absolute Gasteiger partial charge is 0.494 e. The van der Waals surface area contributed by atoms with E-state index in [0.717, 1.165) is 31.6 Å². The van der Waals surface area contributed by atoms with Crippen molar-refractivity contribution in [1.82, 2.24) is 0 Å². The zero-order valence-corrected chi connectivity index (χ0v) is 11.0. The van der Waals surface area contributed by atoms with E-state index in [0.29, 0.717) is 0 Å². The number of rotatable bonds is 6. The van der Waals surface area contributed by atoms with Crippen LogP contribution in [0.1, 0.15) is 23.8 Å². The van der Waals surface area contributed by atoms with Crippen molar-refractivity contribution in [2.24, 2.45) is 0 Å². The molecule has 0 saturated heterocycles. The summed E-state index contributed by atoms with van der Waals surface area (Å²) in [4.78, 5) is 1.45. The Hall–Kier alpha value is -1.28. The first-order chi connectivity index (χ1) is 8.38. The number of hydrogen-bond donors (Lipinski definition) is 0. The molecule has 0 spiro atoms. The standard InChI is InChI=1S/C15H18OS/c1-2-10-16-14-6-3-5-13(12-14)8-9-15-7-4-11-17-15/h3-7,11-12H,2,8-10H2,1H3. The van der Waals surface area contributed by atoms with Crippen LogP contribution in [-0.2, 0) is 12.8 Å². The zero-order valence-electron chi connectivity index (χ0n) is 10.2. The van der Waals surface area contributed by atoms with Crippen molar-refractivity contribution >= 4 is 11.3 Å². The molecular weight excluding hydrogens is 228 g/mol. The van der Waals surface area contributed by atoms with Crippen molar-refractivity contribution in [3.63, 3.8) is 0 Å². The van der Waals surface area contributed by atoms with Crippen LogP contribution in [0.3, 0.4) is 0 Å². The van der Waals surface area contributed by atoms with E-state index >= 15 is 0 Å². The van der Waals surface area contributed by atoms with Crippen molar-refractivity contribution in [2.45, 2.75) is 26.2 Å². The van der Waals surface area contributed by atoms with E-state index in [-0.39, 0.29) is 0 Å². The summed E-state index contributed by atoms with van der Waals surface area (Å²) in [6, 6.07) is 12.7. The van der Waals surface area contributed by atoms with Gasteiger partial charge in [0.2, 0.25) is 0 Å². The van der Waals surface area contributed by atoms with Crippen LogP contribution in [0.15, 0.2) is 41.8 Å². The lowest BCUT2D eigenvalue weighted by Gasteiger charge is -2.06. The fourth-order valence-corrected chi connectivity index (χ4v) is 2.44. The van der Waals surface area contributed by atoms with E-state index in [9.17, 15) is 0 Å². The highest BCUT2D eigenvalue weighted by Gasteiger charge is 1.99. The lowest BCUT2D eigenvalue weighted by molar-refractivity contribution is 0.317. The van der Waals surface area contributed by atoms with Crippen LogP contribution >= 0.6 is 11.3 Å². The Morgan fingerprint density at radius 3 is 2.82 bits per heavy atom. The molecular formula is C15H18OS. The fourth-order valence-electron chi connectivity index (χ4n) is 1.73. The third-order valence-corrected chi connectivity index (χ3v) is 3.55. The summed E-state index contributed by atoms with van der Waals surface area (Å²) in [5.41, 5.74) is 1.35. The Morgan fingerprint density at radius 2 is 2.06 bits per heavy atom. The maximum Gasteiger partial charge on any atom is 0.119 e. The number of ether oxygens (including phenoxy) is 1. The Morgan fingerprint density at radius 1 is 1.12 bits per heavy atom. The predicted molar refractivity (Wildman–Crippen MR) is 74.0 cm³/mol. The monoisotopic (exact) mass is 246 g/mol. The van der Waals surface area contributed by atoms with Gasteiger partial charge in [0.1, 0.15) is 5.75 Å². The van der Waals surface area contributed by atoms with Gasteiger partial charge in [-0.1, -0.05) is 25.1 Å². The average molecular weight is 246 g/mol. The van der Waals surface area contributed by atoms with Gasteiger partial charge in [0.05, 0.1) is 6.61 Å². The molecule has 1 aromatic heterocycles. The summed E-state index contributed by atoms with van der Waals surface area (Å²) in [6.45, 7) is 2.93. The second-order valence-electron chi connectivity index (χ2n) is 4.08. The third-order valence-electron chi connectivity index (χ3n) is 2.61. The van der Waals surface area contributed by atoms with Crippen LogP contribution in [0.5, 0.6) is 5.75 Å². The average Bonchev–Trinajstić information content (AvgIpc) is 2.87. The van der Waals surface area contributed by atoms with E-state index in [1.807, 2.05) is 17.4 Å². The summed E-state index contributed by atoms with van der Waals surface area (Å²) < 4.78 is 5.64. The molecule has 90 valence electrons. The van der Waals surface area contributed by atoms with Crippen molar-refractivity contribution in [1.29, 1.82) is 0 Å². The quantitative estimate of drug-likeness (QED) is 0.737. The molecule has 0 aliphatic rings. The Kier molecular flexibility index (Phi) is 4.63. The SMILES string of the molecule is CCCOc1cccc(CCc2cccs2)c1. The van der Waals surface area contributed by atoms with Crippen LogP contribution < -0.4 is 4.74 Å². The van der Waals surface area contributed by atoms with Gasteiger partial charge in [0, 0.05) is 4.88 Å². The lowest BCUT2D eigenvalue weighted by Crippen LogP contribution is -1.96. The summed E-state index contributed by atoms with van der Waals surface area (Å²) in [5.74, 6) is 0.996. The van der Waals surface area contributed by atoms with Crippen LogP contribution in [0.25, 0.3) is 0 Å². The van der Waals surface area contributed by atoms with Crippen LogP contribution in [-0.4, -0.2) is 6.61 Å². The zero-order chi connectivity index (χ0) is 11.9. The molecule has 1 nitrogen and oxygen atoms in total. The minimum absolute atomic E-state index is 0.800. The summed E-state index contributed by atoms with van der Waals surface area (Å²) in [5, 5.41) is 2.14. The van der Waals surface area contributed by atoms with Gasteiger partial charge in [0.25, 0.3) is 0 Å². The minimum atomic E-state index is 0.800. The molecule has 0 aliphatic heterocycles. The Balaban J connectivity index is 1.91. The fraction of sp³-hybridized carbons (Fsp3) is 0.333. The third kappa shape index (κ3) is 3.90. The highest BCUT2D eigenvalue weighted by molar-refractivity contribution is 7.09. The molecule has 0 unspecified atom stereocenters. The van der Waals surface area contributed by atoms with Crippen LogP contribution in [0.4, 0.5) is 0 Å². The van der Waals surface area contributed by atoms with Gasteiger partial charge in [-0.2, -0.15) is 0 Å². The molecule has 1 heterocycles. The van der Waals surface area contributed by atoms with Crippen molar-refractivity contribution in [2.75, 3.05) is 6.61 Å². The first-order valence-corrected chi connectivity index (χ1v) is 7.00. The van der Waals surface area contributed by atoms with E-state index < -0.39 is 0 Å². The second-order valence-corrected chi connectivity index (χ2v) is 5.11. The molecule has 0 saturated carbocycles. The van der Waals surface area contributed by atoms with Gasteiger partial charge in [0.15, 0.2) is 0 Å². The summed E-state index contributed by atoms with van der Waals surface area (Å²) in [6.07, 6.45) is 3.26. The molecule has 0 N–H and O–H groups in total. The van der Waals surface area contributed by atoms with Gasteiger partial charge in [-0.25, -0.2) is 0 Å². The van der Waals surface area contributed by atoms with Gasteiger partial charge in [-0.05, 0) is 48.4 Å². The molecule has 2 rings (SSSR count). The maximum absolute atomic E-state index is 5.64. The van der Waals surface area contributed by atoms with Gasteiger partial charge < -0.3 is 4.74 Å². The maximum atomic E-state index is 5.64. The van der Waals surface area contributed by atoms with Gasteiger partial charge in [-0.3, -0.25) is 0 Å². The molecule has 0 aliphatic carbocycles. The van der Waals surface area contributed by atoms with Crippen LogP contribution in [0.2, 0.25) is 0 Å². The Bertz CT molecular complexity index is 434. The number of hydrogen-bond acceptors (Lipinski definition) is 2. The predicted octanol–water partition coefficient (Wildman–Crippen LogP) is 4.32. The molecule has 2 heteroatoms. The highest BCUT2D eigenvalue weighted by atomic mass is 32.1. The number of thiophene rings is 1. The normalized spacial score (nSPS) is 10.4. The van der Waals surface area contributed by atoms with Gasteiger partial charge >= 0.3 is 0 Å². The van der Waals surface area contributed by atoms with Crippen molar-refractivity contribution in [3.05, 3.63) is 52.2 Å². The van der Waals surface area contributed by atoms with Crippen LogP contribution in [0, 0.1) is 0 Å². The molecule has 2 aromatic rings. The number of aryl methyl sites for hydroxylation is 2. The van der Waals surface area contributed by atoms with E-state index in [2.05, 4.69) is 42.6 Å². The van der Waals surface area contributed by atoms with E-state index in [4.69, 9.17) is 4.74 Å². The molecule has 0 atom stereocenters. The molecule has 0 amide bonds.